The van der Waals surface area contributed by atoms with Crippen LogP contribution in [0.15, 0.2) is 48.9 Å². The lowest BCUT2D eigenvalue weighted by Crippen LogP contribution is -2.31. The summed E-state index contributed by atoms with van der Waals surface area (Å²) in [6, 6.07) is 9.74. The average molecular weight is 460 g/mol. The van der Waals surface area contributed by atoms with E-state index >= 15 is 0 Å². The minimum Gasteiger partial charge on any atom is -0.456 e. The van der Waals surface area contributed by atoms with E-state index in [0.717, 1.165) is 54.0 Å². The molecule has 0 saturated carbocycles. The van der Waals surface area contributed by atoms with E-state index in [1.165, 1.54) is 0 Å². The zero-order chi connectivity index (χ0) is 22.4. The second-order valence-corrected chi connectivity index (χ2v) is 8.69. The number of nitrogens with one attached hydrogen (secondary N) is 2. The smallest absolute Gasteiger partial charge is 0.148 e. The lowest BCUT2D eigenvalue weighted by molar-refractivity contribution is 0.347. The predicted octanol–water partition coefficient (Wildman–Crippen LogP) is 5.05. The van der Waals surface area contributed by atoms with Crippen molar-refractivity contribution in [3.8, 4) is 22.8 Å². The third-order valence-electron chi connectivity index (χ3n) is 5.96. The van der Waals surface area contributed by atoms with Crippen molar-refractivity contribution in [3.05, 3.63) is 59.8 Å². The Hall–Kier alpha value is -3.49. The molecular weight excluding hydrogens is 438 g/mol. The van der Waals surface area contributed by atoms with E-state index in [0.29, 0.717) is 33.6 Å². The maximum Gasteiger partial charge on any atom is 0.148 e. The number of aryl methyl sites for hydroxylation is 1. The summed E-state index contributed by atoms with van der Waals surface area (Å²) in [4.78, 5) is 17.0. The molecule has 5 aromatic rings. The van der Waals surface area contributed by atoms with Crippen LogP contribution in [0.1, 0.15) is 24.7 Å². The van der Waals surface area contributed by atoms with Crippen LogP contribution in [0, 0.1) is 6.92 Å². The van der Waals surface area contributed by atoms with Crippen molar-refractivity contribution in [2.75, 3.05) is 13.1 Å². The summed E-state index contributed by atoms with van der Waals surface area (Å²) in [5, 5.41) is 8.41. The molecule has 1 aliphatic rings. The van der Waals surface area contributed by atoms with Crippen LogP contribution in [0.5, 0.6) is 11.5 Å². The standard InChI is InChI=1S/C24H22ClN7O/c1-14-29-18-5-4-17(9-20(18)30-14)33-22-7-6-19-24(23(22)25)31-21(12-27-19)15-10-28-32(13-15)16-3-2-8-26-11-16/h4-7,9-10,12-13,16,26H,2-3,8,11H2,1H3,(H,29,30). The van der Waals surface area contributed by atoms with Gasteiger partial charge in [-0.15, -0.1) is 0 Å². The zero-order valence-electron chi connectivity index (χ0n) is 18.0. The lowest BCUT2D eigenvalue weighted by atomic mass is 10.1. The summed E-state index contributed by atoms with van der Waals surface area (Å²) in [5.74, 6) is 2.05. The number of halogens is 1. The van der Waals surface area contributed by atoms with E-state index in [2.05, 4.69) is 25.4 Å². The monoisotopic (exact) mass is 459 g/mol. The fourth-order valence-electron chi connectivity index (χ4n) is 4.28. The van der Waals surface area contributed by atoms with Gasteiger partial charge in [0.05, 0.1) is 40.7 Å². The van der Waals surface area contributed by atoms with Gasteiger partial charge in [0.2, 0.25) is 0 Å². The van der Waals surface area contributed by atoms with Crippen LogP contribution < -0.4 is 10.1 Å². The SMILES string of the molecule is Cc1nc2ccc(Oc3ccc4ncc(-c5cnn(C6CCCNC6)c5)nc4c3Cl)cc2[nH]1. The molecule has 1 atom stereocenters. The van der Waals surface area contributed by atoms with Crippen LogP contribution in [-0.4, -0.2) is 42.8 Å². The van der Waals surface area contributed by atoms with E-state index in [1.54, 1.807) is 6.20 Å². The molecule has 9 heteroatoms. The topological polar surface area (TPSA) is 93.5 Å². The summed E-state index contributed by atoms with van der Waals surface area (Å²) >= 11 is 6.72. The molecule has 8 nitrogen and oxygen atoms in total. The second kappa shape index (κ2) is 8.13. The van der Waals surface area contributed by atoms with Crippen LogP contribution >= 0.6 is 11.6 Å². The van der Waals surface area contributed by atoms with Crippen molar-refractivity contribution >= 4 is 33.7 Å². The highest BCUT2D eigenvalue weighted by atomic mass is 35.5. The second-order valence-electron chi connectivity index (χ2n) is 8.31. The Morgan fingerprint density at radius 3 is 2.91 bits per heavy atom. The van der Waals surface area contributed by atoms with E-state index in [9.17, 15) is 0 Å². The molecule has 3 aromatic heterocycles. The van der Waals surface area contributed by atoms with Gasteiger partial charge in [-0.3, -0.25) is 9.67 Å². The number of rotatable bonds is 4. The first kappa shape index (κ1) is 20.1. The summed E-state index contributed by atoms with van der Waals surface area (Å²) in [6.07, 6.45) is 7.90. The van der Waals surface area contributed by atoms with Gasteiger partial charge in [-0.25, -0.2) is 9.97 Å². The van der Waals surface area contributed by atoms with Gasteiger partial charge in [-0.2, -0.15) is 5.10 Å². The molecule has 1 saturated heterocycles. The van der Waals surface area contributed by atoms with Crippen molar-refractivity contribution in [3.63, 3.8) is 0 Å². The maximum absolute atomic E-state index is 6.72. The molecule has 2 N–H and O–H groups in total. The third kappa shape index (κ3) is 3.81. The van der Waals surface area contributed by atoms with E-state index in [4.69, 9.17) is 21.3 Å². The van der Waals surface area contributed by atoms with E-state index in [1.807, 2.05) is 54.3 Å². The van der Waals surface area contributed by atoms with Crippen molar-refractivity contribution in [1.29, 1.82) is 0 Å². The van der Waals surface area contributed by atoms with Crippen molar-refractivity contribution < 1.29 is 4.74 Å². The molecule has 1 unspecified atom stereocenters. The average Bonchev–Trinajstić information content (AvgIpc) is 3.47. The van der Waals surface area contributed by atoms with Gasteiger partial charge in [0.1, 0.15) is 27.9 Å². The van der Waals surface area contributed by atoms with Gasteiger partial charge in [-0.1, -0.05) is 11.6 Å². The van der Waals surface area contributed by atoms with Gasteiger partial charge in [0.25, 0.3) is 0 Å². The normalized spacial score (nSPS) is 16.5. The minimum atomic E-state index is 0.362. The molecule has 0 radical (unpaired) electrons. The molecular formula is C24H22ClN7O. The molecule has 6 rings (SSSR count). The first-order chi connectivity index (χ1) is 16.1. The Labute approximate surface area is 195 Å². The number of piperidine rings is 1. The summed E-state index contributed by atoms with van der Waals surface area (Å²) in [6.45, 7) is 3.92. The molecule has 2 aromatic carbocycles. The number of nitrogens with zero attached hydrogens (tertiary/aromatic N) is 5. The highest BCUT2D eigenvalue weighted by Gasteiger charge is 2.17. The number of benzene rings is 2. The largest absolute Gasteiger partial charge is 0.456 e. The number of aromatic amines is 1. The Kier molecular flexibility index (Phi) is 4.96. The predicted molar refractivity (Wildman–Crippen MR) is 128 cm³/mol. The maximum atomic E-state index is 6.72. The van der Waals surface area contributed by atoms with Crippen LogP contribution in [0.4, 0.5) is 0 Å². The molecule has 0 aliphatic carbocycles. The highest BCUT2D eigenvalue weighted by Crippen LogP contribution is 2.35. The molecule has 0 bridgehead atoms. The number of hydrogen-bond acceptors (Lipinski definition) is 6. The Morgan fingerprint density at radius 1 is 1.12 bits per heavy atom. The molecule has 1 fully saturated rings. The molecule has 0 spiro atoms. The summed E-state index contributed by atoms with van der Waals surface area (Å²) < 4.78 is 8.11. The van der Waals surface area contributed by atoms with Gasteiger partial charge in [0, 0.05) is 24.4 Å². The van der Waals surface area contributed by atoms with Crippen molar-refractivity contribution in [1.82, 2.24) is 35.0 Å². The van der Waals surface area contributed by atoms with Crippen LogP contribution in [0.3, 0.4) is 0 Å². The van der Waals surface area contributed by atoms with Crippen molar-refractivity contribution in [2.45, 2.75) is 25.8 Å². The highest BCUT2D eigenvalue weighted by molar-refractivity contribution is 6.36. The van der Waals surface area contributed by atoms with Crippen LogP contribution in [-0.2, 0) is 0 Å². The molecule has 33 heavy (non-hydrogen) atoms. The van der Waals surface area contributed by atoms with Crippen molar-refractivity contribution in [2.24, 2.45) is 0 Å². The van der Waals surface area contributed by atoms with Crippen LogP contribution in [0.25, 0.3) is 33.3 Å². The van der Waals surface area contributed by atoms with E-state index < -0.39 is 0 Å². The number of aromatic nitrogens is 6. The fourth-order valence-corrected chi connectivity index (χ4v) is 4.52. The minimum absolute atomic E-state index is 0.362. The Morgan fingerprint density at radius 2 is 2.03 bits per heavy atom. The van der Waals surface area contributed by atoms with Gasteiger partial charge in [-0.05, 0) is 50.6 Å². The molecule has 1 aliphatic heterocycles. The van der Waals surface area contributed by atoms with Gasteiger partial charge >= 0.3 is 0 Å². The zero-order valence-corrected chi connectivity index (χ0v) is 18.8. The Balaban J connectivity index is 1.32. The first-order valence-electron chi connectivity index (χ1n) is 11.0. The number of imidazole rings is 1. The quantitative estimate of drug-likeness (QED) is 0.390. The fraction of sp³-hybridized carbons (Fsp3) is 0.250. The molecule has 166 valence electrons. The lowest BCUT2D eigenvalue weighted by Gasteiger charge is -2.22. The number of hydrogen-bond donors (Lipinski definition) is 2. The number of H-pyrrole nitrogens is 1. The van der Waals surface area contributed by atoms with Crippen LogP contribution in [0.2, 0.25) is 5.02 Å². The van der Waals surface area contributed by atoms with Gasteiger partial charge < -0.3 is 15.0 Å². The summed E-state index contributed by atoms with van der Waals surface area (Å²) in [5.41, 5.74) is 4.75. The van der Waals surface area contributed by atoms with Gasteiger partial charge in [0.15, 0.2) is 0 Å². The molecule has 0 amide bonds. The number of ether oxygens (including phenoxy) is 1. The van der Waals surface area contributed by atoms with E-state index in [-0.39, 0.29) is 0 Å². The third-order valence-corrected chi connectivity index (χ3v) is 6.32. The Bertz CT molecular complexity index is 1470. The molecule has 4 heterocycles. The number of fused-ring (bicyclic) bond motifs is 2. The summed E-state index contributed by atoms with van der Waals surface area (Å²) in [7, 11) is 0. The first-order valence-corrected chi connectivity index (χ1v) is 11.4.